The van der Waals surface area contributed by atoms with Gasteiger partial charge in [0.25, 0.3) is 6.47 Å². The average Bonchev–Trinajstić information content (AvgIpc) is 3.49. The summed E-state index contributed by atoms with van der Waals surface area (Å²) in [7, 11) is 0. The van der Waals surface area contributed by atoms with Crippen molar-refractivity contribution in [3.05, 3.63) is 46.2 Å². The summed E-state index contributed by atoms with van der Waals surface area (Å²) in [6, 6.07) is 9.32. The van der Waals surface area contributed by atoms with E-state index in [1.807, 2.05) is 26.0 Å². The number of nitriles is 1. The number of nitrogens with one attached hydrogen (secondary N) is 1. The Kier molecular flexibility index (Phi) is 6.17. The molecular weight excluding hydrogens is 468 g/mol. The molecule has 2 saturated heterocycles. The number of fused-ring (bicyclic) bond motifs is 1. The maximum Gasteiger partial charge on any atom is 0.299 e. The molecule has 2 aliphatic heterocycles. The lowest BCUT2D eigenvalue weighted by atomic mass is 9.87. The monoisotopic (exact) mass is 492 g/mol. The van der Waals surface area contributed by atoms with E-state index in [0.29, 0.717) is 34.7 Å². The van der Waals surface area contributed by atoms with Crippen LogP contribution in [0.3, 0.4) is 0 Å². The quantitative estimate of drug-likeness (QED) is 0.399. The minimum absolute atomic E-state index is 0.0935. The Bertz CT molecular complexity index is 1340. The van der Waals surface area contributed by atoms with E-state index in [-0.39, 0.29) is 22.5 Å². The lowest BCUT2D eigenvalue weighted by Crippen LogP contribution is -2.28. The highest BCUT2D eigenvalue weighted by molar-refractivity contribution is 6.29. The van der Waals surface area contributed by atoms with Crippen molar-refractivity contribution in [3.8, 4) is 11.9 Å². The summed E-state index contributed by atoms with van der Waals surface area (Å²) in [5.74, 6) is 0.704. The average molecular weight is 493 g/mol. The molecule has 180 valence electrons. The second kappa shape index (κ2) is 9.29. The molecule has 0 bridgehead atoms. The summed E-state index contributed by atoms with van der Waals surface area (Å²) in [5.41, 5.74) is 4.25. The van der Waals surface area contributed by atoms with Crippen LogP contribution in [0.15, 0.2) is 24.3 Å². The molecule has 35 heavy (non-hydrogen) atoms. The first kappa shape index (κ1) is 23.3. The highest BCUT2D eigenvalue weighted by Gasteiger charge is 2.42. The summed E-state index contributed by atoms with van der Waals surface area (Å²) < 4.78 is 10.7. The number of anilines is 2. The standard InChI is InChI=1S/C25H25ClN6O3/c1-15-9-17(16(2)28-18-3-4-21(26)30-24(18)35-14-33)22-19(10-15)29-20(11-27)23(31-22)32-7-5-25(12-32)6-8-34-13-25/h3-4,9-10,14,16,28H,5-8,12-13H2,1-2H3/t16-,25+/m1/s1. The Hall–Kier alpha value is -3.48. The number of ether oxygens (including phenoxy) is 2. The molecule has 4 heterocycles. The molecule has 1 N–H and O–H groups in total. The maximum atomic E-state index is 10.9. The number of aryl methyl sites for hydroxylation is 1. The van der Waals surface area contributed by atoms with Crippen molar-refractivity contribution < 1.29 is 14.3 Å². The molecular formula is C25H25ClN6O3. The predicted molar refractivity (Wildman–Crippen MR) is 132 cm³/mol. The van der Waals surface area contributed by atoms with Crippen LogP contribution in [-0.2, 0) is 9.53 Å². The minimum Gasteiger partial charge on any atom is -0.407 e. The van der Waals surface area contributed by atoms with Gasteiger partial charge in [0.1, 0.15) is 11.2 Å². The summed E-state index contributed by atoms with van der Waals surface area (Å²) in [6.45, 7) is 7.42. The Morgan fingerprint density at radius 3 is 2.91 bits per heavy atom. The Labute approximate surface area is 208 Å². The number of pyridine rings is 1. The number of benzene rings is 1. The fourth-order valence-corrected chi connectivity index (χ4v) is 5.15. The molecule has 0 aliphatic carbocycles. The largest absolute Gasteiger partial charge is 0.407 e. The van der Waals surface area contributed by atoms with Crippen LogP contribution in [0.1, 0.15) is 42.6 Å². The lowest BCUT2D eigenvalue weighted by molar-refractivity contribution is -0.120. The molecule has 2 aromatic heterocycles. The molecule has 1 aromatic carbocycles. The van der Waals surface area contributed by atoms with Crippen molar-refractivity contribution in [3.63, 3.8) is 0 Å². The van der Waals surface area contributed by atoms with Crippen LogP contribution in [0.4, 0.5) is 11.5 Å². The molecule has 5 rings (SSSR count). The van der Waals surface area contributed by atoms with Gasteiger partial charge in [0.2, 0.25) is 5.88 Å². The zero-order valence-electron chi connectivity index (χ0n) is 19.5. The second-order valence-corrected chi connectivity index (χ2v) is 9.66. The molecule has 0 unspecified atom stereocenters. The number of rotatable bonds is 6. The second-order valence-electron chi connectivity index (χ2n) is 9.27. The van der Waals surface area contributed by atoms with Gasteiger partial charge in [-0.25, -0.2) is 9.97 Å². The van der Waals surface area contributed by atoms with Gasteiger partial charge in [0.05, 0.1) is 29.4 Å². The Morgan fingerprint density at radius 2 is 2.17 bits per heavy atom. The normalized spacial score (nSPS) is 20.2. The highest BCUT2D eigenvalue weighted by Crippen LogP contribution is 2.41. The zero-order chi connectivity index (χ0) is 24.6. The first-order valence-electron chi connectivity index (χ1n) is 11.5. The van der Waals surface area contributed by atoms with Gasteiger partial charge in [0, 0.05) is 30.7 Å². The first-order chi connectivity index (χ1) is 16.9. The fraction of sp³-hybridized carbons (Fsp3) is 0.400. The van der Waals surface area contributed by atoms with E-state index >= 15 is 0 Å². The van der Waals surface area contributed by atoms with E-state index in [1.165, 1.54) is 0 Å². The van der Waals surface area contributed by atoms with Crippen LogP contribution in [0.2, 0.25) is 5.15 Å². The number of hydrogen-bond donors (Lipinski definition) is 1. The summed E-state index contributed by atoms with van der Waals surface area (Å²) in [5, 5.41) is 13.4. The summed E-state index contributed by atoms with van der Waals surface area (Å²) >= 11 is 5.97. The van der Waals surface area contributed by atoms with E-state index in [0.717, 1.165) is 50.3 Å². The topological polar surface area (TPSA) is 113 Å². The number of nitrogens with zero attached hydrogens (tertiary/aromatic N) is 5. The predicted octanol–water partition coefficient (Wildman–Crippen LogP) is 4.18. The van der Waals surface area contributed by atoms with Gasteiger partial charge in [-0.2, -0.15) is 10.2 Å². The third kappa shape index (κ3) is 4.47. The third-order valence-electron chi connectivity index (χ3n) is 6.78. The Morgan fingerprint density at radius 1 is 1.31 bits per heavy atom. The van der Waals surface area contributed by atoms with E-state index in [1.54, 1.807) is 12.1 Å². The number of carbonyl (C=O) groups excluding carboxylic acids is 1. The molecule has 0 saturated carbocycles. The van der Waals surface area contributed by atoms with Crippen molar-refractivity contribution in [1.82, 2.24) is 15.0 Å². The van der Waals surface area contributed by atoms with Crippen molar-refractivity contribution in [2.24, 2.45) is 5.41 Å². The van der Waals surface area contributed by atoms with Crippen molar-refractivity contribution >= 4 is 40.6 Å². The SMILES string of the molecule is Cc1cc([C@@H](C)Nc2ccc(Cl)nc2OC=O)c2nc(N3CC[C@]4(CCOC4)C3)c(C#N)nc2c1. The van der Waals surface area contributed by atoms with Crippen LogP contribution in [0.25, 0.3) is 11.0 Å². The minimum atomic E-state index is -0.238. The zero-order valence-corrected chi connectivity index (χ0v) is 20.3. The smallest absolute Gasteiger partial charge is 0.299 e. The van der Waals surface area contributed by atoms with Crippen molar-refractivity contribution in [1.29, 1.82) is 5.26 Å². The van der Waals surface area contributed by atoms with Gasteiger partial charge >= 0.3 is 0 Å². The van der Waals surface area contributed by atoms with Crippen molar-refractivity contribution in [2.45, 2.75) is 32.7 Å². The van der Waals surface area contributed by atoms with Crippen LogP contribution < -0.4 is 15.0 Å². The van der Waals surface area contributed by atoms with Crippen LogP contribution in [0, 0.1) is 23.7 Å². The number of hydrogen-bond acceptors (Lipinski definition) is 9. The Balaban J connectivity index is 1.54. The van der Waals surface area contributed by atoms with Gasteiger partial charge in [-0.3, -0.25) is 4.79 Å². The van der Waals surface area contributed by atoms with Crippen LogP contribution >= 0.6 is 11.6 Å². The molecule has 9 nitrogen and oxygen atoms in total. The van der Waals surface area contributed by atoms with Gasteiger partial charge < -0.3 is 19.7 Å². The molecule has 2 aliphatic rings. The molecule has 1 spiro atoms. The molecule has 10 heteroatoms. The third-order valence-corrected chi connectivity index (χ3v) is 6.99. The first-order valence-corrected chi connectivity index (χ1v) is 11.9. The number of halogens is 1. The molecule has 2 atom stereocenters. The van der Waals surface area contributed by atoms with Gasteiger partial charge in [-0.15, -0.1) is 0 Å². The van der Waals surface area contributed by atoms with Gasteiger partial charge in [-0.05, 0) is 50.5 Å². The van der Waals surface area contributed by atoms with Gasteiger partial charge in [0.15, 0.2) is 11.5 Å². The maximum absolute atomic E-state index is 10.9. The highest BCUT2D eigenvalue weighted by atomic mass is 35.5. The number of carbonyl (C=O) groups is 1. The molecule has 3 aromatic rings. The van der Waals surface area contributed by atoms with Crippen molar-refractivity contribution in [2.75, 3.05) is 36.5 Å². The van der Waals surface area contributed by atoms with Crippen LogP contribution in [-0.4, -0.2) is 47.7 Å². The fourth-order valence-electron chi connectivity index (χ4n) is 5.01. The molecule has 2 fully saturated rings. The number of aromatic nitrogens is 3. The van der Waals surface area contributed by atoms with E-state index in [2.05, 4.69) is 21.3 Å². The molecule has 0 amide bonds. The van der Waals surface area contributed by atoms with E-state index < -0.39 is 0 Å². The lowest BCUT2D eigenvalue weighted by Gasteiger charge is -2.24. The van der Waals surface area contributed by atoms with E-state index in [9.17, 15) is 10.1 Å². The van der Waals surface area contributed by atoms with Crippen LogP contribution in [0.5, 0.6) is 5.88 Å². The summed E-state index contributed by atoms with van der Waals surface area (Å²) in [4.78, 5) is 26.9. The summed E-state index contributed by atoms with van der Waals surface area (Å²) in [6.07, 6.45) is 2.04. The van der Waals surface area contributed by atoms with E-state index in [4.69, 9.17) is 31.0 Å². The molecule has 0 radical (unpaired) electrons. The van der Waals surface area contributed by atoms with Gasteiger partial charge in [-0.1, -0.05) is 17.7 Å².